The summed E-state index contributed by atoms with van der Waals surface area (Å²) in [6.45, 7) is 4.35. The number of hydrogen-bond acceptors (Lipinski definition) is 3. The van der Waals surface area contributed by atoms with Crippen LogP contribution in [0.2, 0.25) is 0 Å². The largest absolute Gasteiger partial charge is 0.494 e. The lowest BCUT2D eigenvalue weighted by atomic mass is 10.0. The summed E-state index contributed by atoms with van der Waals surface area (Å²) < 4.78 is 5.80. The summed E-state index contributed by atoms with van der Waals surface area (Å²) in [5, 5.41) is 9.18. The first-order valence-electron chi connectivity index (χ1n) is 8.90. The Morgan fingerprint density at radius 1 is 1.20 bits per heavy atom. The molecule has 4 nitrogen and oxygen atoms in total. The fraction of sp³-hybridized carbons (Fsp3) is 0.381. The van der Waals surface area contributed by atoms with Crippen LogP contribution in [0.1, 0.15) is 24.8 Å². The molecule has 1 fully saturated rings. The minimum absolute atomic E-state index is 0.311. The maximum Gasteiger partial charge on any atom is 0.320 e. The topological polar surface area (TPSA) is 49.8 Å². The lowest BCUT2D eigenvalue weighted by Crippen LogP contribution is -2.36. The Labute approximate surface area is 149 Å². The standard InChI is InChI=1S/C21H25NO3/c1-16-5-2-6-18(15-16)17-8-10-19(11-9-17)25-14-4-13-22-12-3-7-20(22)21(23)24/h2,5-6,8-11,15,20H,3-4,7,12-14H2,1H3,(H,23,24). The summed E-state index contributed by atoms with van der Waals surface area (Å²) in [7, 11) is 0. The molecule has 132 valence electrons. The Morgan fingerprint density at radius 3 is 2.72 bits per heavy atom. The van der Waals surface area contributed by atoms with E-state index in [4.69, 9.17) is 4.74 Å². The summed E-state index contributed by atoms with van der Waals surface area (Å²) in [5.74, 6) is 0.151. The van der Waals surface area contributed by atoms with Crippen LogP contribution in [0.4, 0.5) is 0 Å². The molecular formula is C21H25NO3. The van der Waals surface area contributed by atoms with Gasteiger partial charge in [-0.3, -0.25) is 9.69 Å². The second-order valence-electron chi connectivity index (χ2n) is 6.63. The summed E-state index contributed by atoms with van der Waals surface area (Å²) in [6, 6.07) is 16.3. The number of carboxylic acid groups (broad SMARTS) is 1. The number of aliphatic carboxylic acids is 1. The van der Waals surface area contributed by atoms with Crippen molar-refractivity contribution in [2.45, 2.75) is 32.2 Å². The zero-order valence-electron chi connectivity index (χ0n) is 14.6. The van der Waals surface area contributed by atoms with Crippen molar-refractivity contribution in [3.8, 4) is 16.9 Å². The van der Waals surface area contributed by atoms with Crippen LogP contribution in [0.15, 0.2) is 48.5 Å². The van der Waals surface area contributed by atoms with Crippen molar-refractivity contribution in [3.63, 3.8) is 0 Å². The average Bonchev–Trinajstić information content (AvgIpc) is 3.08. The van der Waals surface area contributed by atoms with E-state index in [9.17, 15) is 9.90 Å². The van der Waals surface area contributed by atoms with E-state index < -0.39 is 5.97 Å². The molecule has 0 bridgehead atoms. The van der Waals surface area contributed by atoms with Crippen LogP contribution in [0, 0.1) is 6.92 Å². The van der Waals surface area contributed by atoms with Crippen LogP contribution in [0.3, 0.4) is 0 Å². The molecule has 2 aromatic rings. The predicted molar refractivity (Wildman–Crippen MR) is 99.0 cm³/mol. The van der Waals surface area contributed by atoms with Gasteiger partial charge in [0.05, 0.1) is 6.61 Å². The van der Waals surface area contributed by atoms with Crippen molar-refractivity contribution in [2.24, 2.45) is 0 Å². The first-order chi connectivity index (χ1) is 12.1. The van der Waals surface area contributed by atoms with Crippen LogP contribution in [0.25, 0.3) is 11.1 Å². The van der Waals surface area contributed by atoms with E-state index in [1.807, 2.05) is 17.0 Å². The van der Waals surface area contributed by atoms with Crippen molar-refractivity contribution < 1.29 is 14.6 Å². The van der Waals surface area contributed by atoms with Crippen molar-refractivity contribution in [2.75, 3.05) is 19.7 Å². The molecule has 1 aliphatic heterocycles. The molecule has 0 aliphatic carbocycles. The van der Waals surface area contributed by atoms with E-state index in [2.05, 4.69) is 43.3 Å². The van der Waals surface area contributed by atoms with Gasteiger partial charge in [0.15, 0.2) is 0 Å². The minimum atomic E-state index is -0.704. The smallest absolute Gasteiger partial charge is 0.320 e. The highest BCUT2D eigenvalue weighted by Crippen LogP contribution is 2.23. The van der Waals surface area contributed by atoms with Gasteiger partial charge in [-0.1, -0.05) is 42.0 Å². The molecule has 0 aromatic heterocycles. The molecule has 1 saturated heterocycles. The van der Waals surface area contributed by atoms with Crippen LogP contribution in [-0.2, 0) is 4.79 Å². The fourth-order valence-corrected chi connectivity index (χ4v) is 3.40. The zero-order valence-corrected chi connectivity index (χ0v) is 14.6. The Morgan fingerprint density at radius 2 is 2.00 bits per heavy atom. The van der Waals surface area contributed by atoms with Crippen LogP contribution >= 0.6 is 0 Å². The molecule has 0 spiro atoms. The van der Waals surface area contributed by atoms with E-state index in [0.29, 0.717) is 6.61 Å². The number of ether oxygens (including phenoxy) is 1. The maximum absolute atomic E-state index is 11.2. The van der Waals surface area contributed by atoms with Gasteiger partial charge in [-0.05, 0) is 56.0 Å². The molecule has 0 radical (unpaired) electrons. The van der Waals surface area contributed by atoms with Gasteiger partial charge in [-0.15, -0.1) is 0 Å². The number of benzene rings is 2. The molecule has 4 heteroatoms. The number of rotatable bonds is 7. The van der Waals surface area contributed by atoms with E-state index in [1.165, 1.54) is 16.7 Å². The van der Waals surface area contributed by atoms with Gasteiger partial charge < -0.3 is 9.84 Å². The highest BCUT2D eigenvalue weighted by molar-refractivity contribution is 5.73. The third-order valence-corrected chi connectivity index (χ3v) is 4.71. The van der Waals surface area contributed by atoms with Crippen LogP contribution < -0.4 is 4.74 Å². The predicted octanol–water partition coefficient (Wildman–Crippen LogP) is 3.98. The first-order valence-corrected chi connectivity index (χ1v) is 8.90. The van der Waals surface area contributed by atoms with Gasteiger partial charge in [0, 0.05) is 6.54 Å². The van der Waals surface area contributed by atoms with E-state index in [1.54, 1.807) is 0 Å². The van der Waals surface area contributed by atoms with Gasteiger partial charge in [-0.25, -0.2) is 0 Å². The Bertz CT molecular complexity index is 711. The van der Waals surface area contributed by atoms with Gasteiger partial charge >= 0.3 is 5.97 Å². The van der Waals surface area contributed by atoms with Gasteiger partial charge in [0.25, 0.3) is 0 Å². The lowest BCUT2D eigenvalue weighted by molar-refractivity contribution is -0.142. The Kier molecular flexibility index (Phi) is 5.71. The highest BCUT2D eigenvalue weighted by atomic mass is 16.5. The summed E-state index contributed by atoms with van der Waals surface area (Å²) in [4.78, 5) is 13.2. The molecule has 1 unspecified atom stereocenters. The van der Waals surface area contributed by atoms with Crippen molar-refractivity contribution in [1.29, 1.82) is 0 Å². The summed E-state index contributed by atoms with van der Waals surface area (Å²) in [5.41, 5.74) is 3.64. The molecule has 1 heterocycles. The fourth-order valence-electron chi connectivity index (χ4n) is 3.40. The summed E-state index contributed by atoms with van der Waals surface area (Å²) in [6.07, 6.45) is 2.57. The lowest BCUT2D eigenvalue weighted by Gasteiger charge is -2.20. The molecule has 1 atom stereocenters. The van der Waals surface area contributed by atoms with Crippen LogP contribution in [-0.4, -0.2) is 41.7 Å². The molecule has 25 heavy (non-hydrogen) atoms. The quantitative estimate of drug-likeness (QED) is 0.775. The highest BCUT2D eigenvalue weighted by Gasteiger charge is 2.29. The van der Waals surface area contributed by atoms with Crippen molar-refractivity contribution >= 4 is 5.97 Å². The number of nitrogens with zero attached hydrogens (tertiary/aromatic N) is 1. The van der Waals surface area contributed by atoms with Crippen molar-refractivity contribution in [1.82, 2.24) is 4.90 Å². The summed E-state index contributed by atoms with van der Waals surface area (Å²) >= 11 is 0. The molecular weight excluding hydrogens is 314 g/mol. The minimum Gasteiger partial charge on any atom is -0.494 e. The van der Waals surface area contributed by atoms with Gasteiger partial charge in [0.1, 0.15) is 11.8 Å². The monoisotopic (exact) mass is 339 g/mol. The number of carbonyl (C=O) groups is 1. The normalized spacial score (nSPS) is 17.6. The SMILES string of the molecule is Cc1cccc(-c2ccc(OCCCN3CCCC3C(=O)O)cc2)c1. The number of likely N-dealkylation sites (tertiary alicyclic amines) is 1. The number of carboxylic acids is 1. The third kappa shape index (κ3) is 4.60. The first kappa shape index (κ1) is 17.5. The molecule has 0 amide bonds. The molecule has 2 aromatic carbocycles. The maximum atomic E-state index is 11.2. The molecule has 0 saturated carbocycles. The van der Waals surface area contributed by atoms with E-state index in [0.717, 1.165) is 38.1 Å². The van der Waals surface area contributed by atoms with Gasteiger partial charge in [-0.2, -0.15) is 0 Å². The second kappa shape index (κ2) is 8.17. The average molecular weight is 339 g/mol. The molecule has 3 rings (SSSR count). The molecule has 1 N–H and O–H groups in total. The zero-order chi connectivity index (χ0) is 17.6. The van der Waals surface area contributed by atoms with Gasteiger partial charge in [0.2, 0.25) is 0 Å². The number of hydrogen-bond donors (Lipinski definition) is 1. The Balaban J connectivity index is 1.47. The van der Waals surface area contributed by atoms with Crippen molar-refractivity contribution in [3.05, 3.63) is 54.1 Å². The number of aryl methyl sites for hydroxylation is 1. The van der Waals surface area contributed by atoms with E-state index >= 15 is 0 Å². The third-order valence-electron chi connectivity index (χ3n) is 4.71. The van der Waals surface area contributed by atoms with Crippen LogP contribution in [0.5, 0.6) is 5.75 Å². The second-order valence-corrected chi connectivity index (χ2v) is 6.63. The molecule has 1 aliphatic rings. The van der Waals surface area contributed by atoms with E-state index in [-0.39, 0.29) is 6.04 Å². The Hall–Kier alpha value is -2.33.